The highest BCUT2D eigenvalue weighted by Crippen LogP contribution is 2.29. The lowest BCUT2D eigenvalue weighted by Gasteiger charge is -2.11. The van der Waals surface area contributed by atoms with E-state index < -0.39 is 15.8 Å². The minimum Gasteiger partial charge on any atom is -0.487 e. The van der Waals surface area contributed by atoms with Crippen molar-refractivity contribution in [2.45, 2.75) is 13.2 Å². The second kappa shape index (κ2) is 9.34. The third-order valence-electron chi connectivity index (χ3n) is 4.73. The van der Waals surface area contributed by atoms with Crippen LogP contribution in [0, 0.1) is 5.82 Å². The van der Waals surface area contributed by atoms with Crippen LogP contribution < -0.4 is 9.46 Å². The first-order valence-electron chi connectivity index (χ1n) is 9.74. The van der Waals surface area contributed by atoms with E-state index in [0.29, 0.717) is 27.7 Å². The molecule has 4 rings (SSSR count). The Bertz CT molecular complexity index is 1400. The van der Waals surface area contributed by atoms with Gasteiger partial charge in [-0.1, -0.05) is 11.6 Å². The van der Waals surface area contributed by atoms with Crippen LogP contribution in [0.4, 0.5) is 10.3 Å². The predicted octanol–water partition coefficient (Wildman–Crippen LogP) is 4.31. The van der Waals surface area contributed by atoms with Crippen molar-refractivity contribution < 1.29 is 22.3 Å². The molecule has 0 saturated heterocycles. The Kier molecular flexibility index (Phi) is 6.50. The van der Waals surface area contributed by atoms with Gasteiger partial charge in [-0.2, -0.15) is 0 Å². The zero-order chi connectivity index (χ0) is 23.6. The summed E-state index contributed by atoms with van der Waals surface area (Å²) in [7, 11) is -1.99. The maximum atomic E-state index is 14.5. The Morgan fingerprint density at radius 3 is 2.70 bits per heavy atom. The number of hydrogen-bond acceptors (Lipinski definition) is 6. The van der Waals surface area contributed by atoms with Crippen molar-refractivity contribution >= 4 is 38.5 Å². The minimum atomic E-state index is -3.47. The summed E-state index contributed by atoms with van der Waals surface area (Å²) in [5.74, 6) is 0.139. The molecule has 0 unspecified atom stereocenters. The average Bonchev–Trinajstić information content (AvgIpc) is 3.17. The Morgan fingerprint density at radius 2 is 1.97 bits per heavy atom. The molecule has 2 aromatic carbocycles. The number of aromatic nitrogens is 3. The second-order valence-corrected chi connectivity index (χ2v) is 9.42. The third kappa shape index (κ3) is 5.41. The molecule has 0 aliphatic rings. The van der Waals surface area contributed by atoms with Crippen molar-refractivity contribution in [1.82, 2.24) is 14.5 Å². The van der Waals surface area contributed by atoms with E-state index in [2.05, 4.69) is 14.7 Å². The Labute approximate surface area is 195 Å². The molecule has 0 amide bonds. The Morgan fingerprint density at radius 1 is 1.15 bits per heavy atom. The summed E-state index contributed by atoms with van der Waals surface area (Å²) in [5, 5.41) is 1.18. The van der Waals surface area contributed by atoms with Crippen molar-refractivity contribution in [1.29, 1.82) is 0 Å². The van der Waals surface area contributed by atoms with Gasteiger partial charge in [0.05, 0.1) is 29.1 Å². The lowest BCUT2D eigenvalue weighted by Crippen LogP contribution is -2.13. The fourth-order valence-corrected chi connectivity index (χ4v) is 3.98. The van der Waals surface area contributed by atoms with E-state index in [0.717, 1.165) is 17.2 Å². The van der Waals surface area contributed by atoms with Crippen molar-refractivity contribution in [3.8, 4) is 11.4 Å². The molecule has 172 valence electrons. The summed E-state index contributed by atoms with van der Waals surface area (Å²) in [6, 6.07) is 12.1. The van der Waals surface area contributed by atoms with Gasteiger partial charge in [-0.3, -0.25) is 4.72 Å². The van der Waals surface area contributed by atoms with E-state index in [9.17, 15) is 12.8 Å². The Hall–Kier alpha value is -3.21. The summed E-state index contributed by atoms with van der Waals surface area (Å²) in [6.45, 7) is 0.213. The molecule has 0 saturated carbocycles. The quantitative estimate of drug-likeness (QED) is 0.395. The van der Waals surface area contributed by atoms with Gasteiger partial charge in [0, 0.05) is 36.1 Å². The van der Waals surface area contributed by atoms with E-state index in [1.807, 2.05) is 29.0 Å². The number of rotatable bonds is 8. The van der Waals surface area contributed by atoms with Crippen LogP contribution in [0.15, 0.2) is 54.9 Å². The molecule has 0 fully saturated rings. The van der Waals surface area contributed by atoms with Crippen LogP contribution >= 0.6 is 11.6 Å². The van der Waals surface area contributed by atoms with Crippen LogP contribution in [0.2, 0.25) is 5.02 Å². The number of halogens is 2. The van der Waals surface area contributed by atoms with Gasteiger partial charge in [-0.05, 0) is 42.5 Å². The first-order chi connectivity index (χ1) is 15.7. The number of sulfonamides is 1. The van der Waals surface area contributed by atoms with Gasteiger partial charge in [0.1, 0.15) is 18.2 Å². The smallest absolute Gasteiger partial charge is 0.236 e. The second-order valence-electron chi connectivity index (χ2n) is 7.26. The number of nitrogens with one attached hydrogen (secondary N) is 1. The molecule has 11 heteroatoms. The molecule has 4 aromatic rings. The fraction of sp³-hybridized carbons (Fsp3) is 0.182. The molecular weight excluding hydrogens is 471 g/mol. The zero-order valence-electron chi connectivity index (χ0n) is 17.7. The highest BCUT2D eigenvalue weighted by molar-refractivity contribution is 7.91. The molecule has 2 heterocycles. The first-order valence-corrected chi connectivity index (χ1v) is 12.0. The van der Waals surface area contributed by atoms with Gasteiger partial charge >= 0.3 is 0 Å². The fourth-order valence-electron chi connectivity index (χ4n) is 3.30. The number of nitrogens with zero attached hydrogens (tertiary/aromatic N) is 3. The monoisotopic (exact) mass is 490 g/mol. The summed E-state index contributed by atoms with van der Waals surface area (Å²) in [4.78, 5) is 8.01. The van der Waals surface area contributed by atoms with E-state index in [-0.39, 0.29) is 19.2 Å². The molecule has 1 N–H and O–H groups in total. The normalized spacial score (nSPS) is 11.6. The summed E-state index contributed by atoms with van der Waals surface area (Å²) >= 11 is 6.25. The zero-order valence-corrected chi connectivity index (χ0v) is 19.3. The van der Waals surface area contributed by atoms with Crippen LogP contribution in [0.3, 0.4) is 0 Å². The van der Waals surface area contributed by atoms with Gasteiger partial charge in [0.2, 0.25) is 16.0 Å². The van der Waals surface area contributed by atoms with Crippen molar-refractivity contribution in [3.63, 3.8) is 0 Å². The first kappa shape index (κ1) is 23.0. The largest absolute Gasteiger partial charge is 0.487 e. The highest BCUT2D eigenvalue weighted by atomic mass is 35.5. The van der Waals surface area contributed by atoms with E-state index in [1.165, 1.54) is 19.4 Å². The lowest BCUT2D eigenvalue weighted by atomic mass is 10.2. The highest BCUT2D eigenvalue weighted by Gasteiger charge is 2.13. The summed E-state index contributed by atoms with van der Waals surface area (Å²) < 4.78 is 52.1. The van der Waals surface area contributed by atoms with Crippen molar-refractivity contribution in [3.05, 3.63) is 77.0 Å². The van der Waals surface area contributed by atoms with Gasteiger partial charge in [0.15, 0.2) is 0 Å². The number of methoxy groups -OCH3 is 1. The van der Waals surface area contributed by atoms with E-state index in [1.54, 1.807) is 18.2 Å². The molecule has 0 atom stereocenters. The number of ether oxygens (including phenoxy) is 2. The average molecular weight is 491 g/mol. The number of anilines is 1. The summed E-state index contributed by atoms with van der Waals surface area (Å²) in [6.07, 6.45) is 4.30. The molecule has 0 aliphatic carbocycles. The standard InChI is InChI=1S/C22H20ClFN4O4S/c1-31-13-18-19(23)10-16(11-20(18)24)28-8-6-14-9-17(3-4-21(14)28)32-12-15-5-7-25-22(26-15)27-33(2,29)30/h3-11H,12-13H2,1-2H3,(H,25,26,27). The molecule has 8 nitrogen and oxygen atoms in total. The van der Waals surface area contributed by atoms with Crippen LogP contribution in [-0.4, -0.2) is 36.3 Å². The van der Waals surface area contributed by atoms with Crippen molar-refractivity contribution in [2.75, 3.05) is 18.1 Å². The number of hydrogen-bond donors (Lipinski definition) is 1. The van der Waals surface area contributed by atoms with Crippen LogP contribution in [-0.2, 0) is 28.0 Å². The lowest BCUT2D eigenvalue weighted by molar-refractivity contribution is 0.181. The van der Waals surface area contributed by atoms with Crippen LogP contribution in [0.1, 0.15) is 11.3 Å². The summed E-state index contributed by atoms with van der Waals surface area (Å²) in [5.41, 5.74) is 2.26. The predicted molar refractivity (Wildman–Crippen MR) is 124 cm³/mol. The van der Waals surface area contributed by atoms with Crippen molar-refractivity contribution in [2.24, 2.45) is 0 Å². The van der Waals surface area contributed by atoms with Gasteiger partial charge in [0.25, 0.3) is 0 Å². The number of fused-ring (bicyclic) bond motifs is 1. The molecule has 0 spiro atoms. The van der Waals surface area contributed by atoms with Gasteiger partial charge in [-0.15, -0.1) is 0 Å². The van der Waals surface area contributed by atoms with Crippen LogP contribution in [0.5, 0.6) is 5.75 Å². The molecule has 0 bridgehead atoms. The van der Waals surface area contributed by atoms with Gasteiger partial charge in [-0.25, -0.2) is 22.8 Å². The maximum Gasteiger partial charge on any atom is 0.236 e. The molecule has 0 radical (unpaired) electrons. The van der Waals surface area contributed by atoms with Gasteiger partial charge < -0.3 is 14.0 Å². The SMILES string of the molecule is COCc1c(F)cc(-n2ccc3cc(OCc4ccnc(NS(C)(=O)=O)n4)ccc32)cc1Cl. The number of benzene rings is 2. The van der Waals surface area contributed by atoms with E-state index in [4.69, 9.17) is 21.1 Å². The molecular formula is C22H20ClFN4O4S. The van der Waals surface area contributed by atoms with Crippen LogP contribution in [0.25, 0.3) is 16.6 Å². The molecule has 2 aromatic heterocycles. The Balaban J connectivity index is 1.54. The maximum absolute atomic E-state index is 14.5. The topological polar surface area (TPSA) is 95.3 Å². The third-order valence-corrected chi connectivity index (χ3v) is 5.62. The molecule has 33 heavy (non-hydrogen) atoms. The minimum absolute atomic E-state index is 0.0199. The van der Waals surface area contributed by atoms with E-state index >= 15 is 0 Å². The molecule has 0 aliphatic heterocycles.